The Hall–Kier alpha value is 0.185. The van der Waals surface area contributed by atoms with E-state index in [9.17, 15) is 0 Å². The number of halogens is 4. The highest BCUT2D eigenvalue weighted by molar-refractivity contribution is 6.50. The highest BCUT2D eigenvalue weighted by atomic mass is 35.5. The molecule has 0 spiro atoms. The molecular weight excluding hydrogens is 532 g/mol. The van der Waals surface area contributed by atoms with Crippen LogP contribution in [0.1, 0.15) is 17.5 Å². The molecule has 2 rings (SSSR count). The van der Waals surface area contributed by atoms with E-state index in [0.29, 0.717) is 20.1 Å². The zero-order valence-electron chi connectivity index (χ0n) is 20.2. The van der Waals surface area contributed by atoms with Gasteiger partial charge in [-0.2, -0.15) is 0 Å². The molecule has 0 radical (unpaired) electrons. The van der Waals surface area contributed by atoms with E-state index in [1.54, 1.807) is 12.1 Å². The highest BCUT2D eigenvalue weighted by Crippen LogP contribution is 2.35. The van der Waals surface area contributed by atoms with Crippen LogP contribution in [0.25, 0.3) is 0 Å². The van der Waals surface area contributed by atoms with E-state index in [1.807, 2.05) is 12.1 Å². The van der Waals surface area contributed by atoms with Gasteiger partial charge in [0.25, 0.3) is 0 Å². The van der Waals surface area contributed by atoms with Crippen LogP contribution >= 0.6 is 46.4 Å². The van der Waals surface area contributed by atoms with Gasteiger partial charge in [-0.3, -0.25) is 0 Å². The molecule has 0 atom stereocenters. The normalized spacial score (nSPS) is 11.3. The molecule has 0 N–H and O–H groups in total. The van der Waals surface area contributed by atoms with Gasteiger partial charge in [0.2, 0.25) is 0 Å². The predicted molar refractivity (Wildman–Crippen MR) is 146 cm³/mol. The summed E-state index contributed by atoms with van der Waals surface area (Å²) in [4.78, 5) is 4.53. The zero-order valence-corrected chi connectivity index (χ0v) is 25.6. The van der Waals surface area contributed by atoms with Crippen molar-refractivity contribution in [3.63, 3.8) is 0 Å². The van der Waals surface area contributed by atoms with Crippen LogP contribution in [0, 0.1) is 0 Å². The first-order chi connectivity index (χ1) is 15.5. The summed E-state index contributed by atoms with van der Waals surface area (Å²) < 4.78 is 12.2. The maximum atomic E-state index is 6.41. The molecule has 0 saturated carbocycles. The third kappa shape index (κ3) is 9.99. The number of rotatable bonds is 12. The summed E-state index contributed by atoms with van der Waals surface area (Å²) in [6, 6.07) is 7.39. The molecule has 2 aromatic carbocycles. The Bertz CT molecular complexity index is 858. The zero-order chi connectivity index (χ0) is 24.7. The summed E-state index contributed by atoms with van der Waals surface area (Å²) in [5.74, 6) is 10.0. The third-order valence-electron chi connectivity index (χ3n) is 4.84. The van der Waals surface area contributed by atoms with Gasteiger partial charge < -0.3 is 17.4 Å². The van der Waals surface area contributed by atoms with Crippen molar-refractivity contribution in [3.8, 4) is 11.5 Å². The molecule has 10 heteroatoms. The minimum atomic E-state index is -1.28. The van der Waals surface area contributed by atoms with Crippen molar-refractivity contribution in [3.05, 3.63) is 55.5 Å². The minimum Gasteiger partial charge on any atom is -0.642 e. The molecule has 0 aromatic heterocycles. The van der Waals surface area contributed by atoms with Gasteiger partial charge in [-0.1, -0.05) is 69.5 Å². The minimum absolute atomic E-state index is 0.578. The van der Waals surface area contributed by atoms with E-state index in [4.69, 9.17) is 54.0 Å². The number of hydrogen-bond donors (Lipinski definition) is 0. The van der Waals surface area contributed by atoms with Gasteiger partial charge in [0.05, 0.1) is 10.0 Å². The van der Waals surface area contributed by atoms with Crippen LogP contribution in [0.3, 0.4) is 0 Å². The van der Waals surface area contributed by atoms with Crippen molar-refractivity contribution < 1.29 is 7.58 Å². The van der Waals surface area contributed by atoms with Gasteiger partial charge in [-0.15, -0.1) is 0 Å². The lowest BCUT2D eigenvalue weighted by Gasteiger charge is -2.24. The molecule has 0 aliphatic heterocycles. The molecule has 0 fully saturated rings. The SMILES string of the molecule is CN(CCCN(C)Cc1cc(Cl)cc(Cl)c1[O][Al]([CH3])[CH3])Cc1cc(Cl)cc(Cl)c1[O][Al]([CH3])[CH3]. The van der Waals surface area contributed by atoms with E-state index in [-0.39, 0.29) is 0 Å². The summed E-state index contributed by atoms with van der Waals surface area (Å²) >= 11 is 22.8. The van der Waals surface area contributed by atoms with Crippen molar-refractivity contribution in [1.29, 1.82) is 0 Å². The first-order valence-corrected chi connectivity index (χ1v) is 18.2. The molecule has 0 amide bonds. The maximum absolute atomic E-state index is 6.41. The average Bonchev–Trinajstić information content (AvgIpc) is 2.66. The summed E-state index contributed by atoms with van der Waals surface area (Å²) in [7, 11) is 4.20. The monoisotopic (exact) mass is 562 g/mol. The second-order valence-electron chi connectivity index (χ2n) is 8.91. The molecule has 2 aromatic rings. The summed E-state index contributed by atoms with van der Waals surface area (Å²) in [5, 5.41) is 2.41. The Morgan fingerprint density at radius 1 is 0.667 bits per heavy atom. The molecule has 0 bridgehead atoms. The van der Waals surface area contributed by atoms with Crippen molar-refractivity contribution in [1.82, 2.24) is 9.80 Å². The molecule has 0 saturated heterocycles. The van der Waals surface area contributed by atoms with Crippen molar-refractivity contribution in [2.45, 2.75) is 42.7 Å². The second kappa shape index (κ2) is 14.1. The highest BCUT2D eigenvalue weighted by Gasteiger charge is 2.18. The smallest absolute Gasteiger partial charge is 0.540 e. The van der Waals surface area contributed by atoms with Crippen molar-refractivity contribution >= 4 is 75.4 Å². The average molecular weight is 564 g/mol. The van der Waals surface area contributed by atoms with E-state index < -0.39 is 29.0 Å². The predicted octanol–water partition coefficient (Wildman–Crippen LogP) is 7.51. The molecule has 0 aliphatic carbocycles. The third-order valence-corrected chi connectivity index (χ3v) is 7.25. The van der Waals surface area contributed by atoms with Gasteiger partial charge in [-0.05, 0) is 57.9 Å². The topological polar surface area (TPSA) is 24.9 Å². The van der Waals surface area contributed by atoms with Gasteiger partial charge in [0.15, 0.2) is 0 Å². The van der Waals surface area contributed by atoms with Gasteiger partial charge in [-0.25, -0.2) is 0 Å². The lowest BCUT2D eigenvalue weighted by atomic mass is 10.1. The number of nitrogens with zero attached hydrogens (tertiary/aromatic N) is 2. The summed E-state index contributed by atoms with van der Waals surface area (Å²) in [5.41, 5.74) is 2.05. The molecule has 33 heavy (non-hydrogen) atoms. The molecule has 0 aliphatic rings. The first kappa shape index (κ1) is 29.4. The Morgan fingerprint density at radius 2 is 1.03 bits per heavy atom. The first-order valence-electron chi connectivity index (χ1n) is 11.1. The van der Waals surface area contributed by atoms with Crippen LogP contribution in [-0.4, -0.2) is 65.9 Å². The fourth-order valence-electron chi connectivity index (χ4n) is 3.55. The van der Waals surface area contributed by atoms with Gasteiger partial charge >= 0.3 is 29.0 Å². The summed E-state index contributed by atoms with van der Waals surface area (Å²) in [6.45, 7) is 3.29. The van der Waals surface area contributed by atoms with Crippen molar-refractivity contribution in [2.24, 2.45) is 0 Å². The Morgan fingerprint density at radius 3 is 1.36 bits per heavy atom. The van der Waals surface area contributed by atoms with E-state index in [2.05, 4.69) is 47.0 Å². The molecule has 0 unspecified atom stereocenters. The maximum Gasteiger partial charge on any atom is 0.540 e. The quantitative estimate of drug-likeness (QED) is 0.249. The Kier molecular flexibility index (Phi) is 12.5. The van der Waals surface area contributed by atoms with E-state index in [0.717, 1.165) is 55.2 Å². The van der Waals surface area contributed by atoms with E-state index in [1.165, 1.54) is 0 Å². The molecule has 4 nitrogen and oxygen atoms in total. The number of hydrogen-bond acceptors (Lipinski definition) is 4. The lowest BCUT2D eigenvalue weighted by molar-refractivity contribution is 0.268. The van der Waals surface area contributed by atoms with Crippen LogP contribution < -0.4 is 7.58 Å². The van der Waals surface area contributed by atoms with Gasteiger partial charge in [0.1, 0.15) is 11.5 Å². The van der Waals surface area contributed by atoms with Gasteiger partial charge in [0, 0.05) is 34.3 Å². The number of benzene rings is 2. The van der Waals surface area contributed by atoms with Crippen molar-refractivity contribution in [2.75, 3.05) is 27.2 Å². The second-order valence-corrected chi connectivity index (χ2v) is 15.3. The summed E-state index contributed by atoms with van der Waals surface area (Å²) in [6.07, 6.45) is 1.000. The standard InChI is InChI=1S/C19H22Cl4N2O2.4CH3.2Al/c1-24(10-12-6-14(20)8-16(22)18(12)26)4-3-5-25(2)11-13-7-15(21)9-17(23)19(13)27;;;;;;/h6-9,26-27H,3-5,10-11H2,1-2H3;4*1H3;;/q;;;;;2*+1/p-2. The molecular formula is C23H32Al2Cl4N2O2. The van der Waals surface area contributed by atoms with Crippen LogP contribution in [-0.2, 0) is 13.1 Å². The van der Waals surface area contributed by atoms with Crippen LogP contribution in [0.15, 0.2) is 24.3 Å². The Balaban J connectivity index is 1.95. The Labute approximate surface area is 228 Å². The largest absolute Gasteiger partial charge is 0.642 e. The molecule has 180 valence electrons. The lowest BCUT2D eigenvalue weighted by Crippen LogP contribution is -2.26. The molecule has 0 heterocycles. The fraction of sp³-hybridized carbons (Fsp3) is 0.478. The van der Waals surface area contributed by atoms with Crippen LogP contribution in [0.5, 0.6) is 11.5 Å². The van der Waals surface area contributed by atoms with Crippen LogP contribution in [0.2, 0.25) is 43.2 Å². The van der Waals surface area contributed by atoms with E-state index >= 15 is 0 Å². The van der Waals surface area contributed by atoms with Crippen LogP contribution in [0.4, 0.5) is 0 Å². The fourth-order valence-corrected chi connectivity index (χ4v) is 6.36.